The minimum absolute atomic E-state index is 0.155. The molecule has 0 radical (unpaired) electrons. The van der Waals surface area contributed by atoms with Crippen LogP contribution < -0.4 is 0 Å². The van der Waals surface area contributed by atoms with Crippen molar-refractivity contribution in [3.63, 3.8) is 0 Å². The zero-order valence-electron chi connectivity index (χ0n) is 10.2. The molecule has 0 saturated carbocycles. The van der Waals surface area contributed by atoms with Crippen LogP contribution in [0.2, 0.25) is 0 Å². The average Bonchev–Trinajstić information content (AvgIpc) is 2.32. The molecule has 0 aliphatic carbocycles. The van der Waals surface area contributed by atoms with Crippen LogP contribution >= 0.6 is 0 Å². The van der Waals surface area contributed by atoms with Gasteiger partial charge in [0.15, 0.2) is 6.10 Å². The van der Waals surface area contributed by atoms with E-state index in [9.17, 15) is 9.59 Å². The number of hydrogen-bond donors (Lipinski definition) is 0. The molecular weight excluding hydrogens is 212 g/mol. The molecule has 16 heavy (non-hydrogen) atoms. The lowest BCUT2D eigenvalue weighted by molar-refractivity contribution is -0.155. The van der Waals surface area contributed by atoms with Crippen LogP contribution in [0.4, 0.5) is 0 Å². The smallest absolute Gasteiger partial charge is 0.334 e. The summed E-state index contributed by atoms with van der Waals surface area (Å²) in [7, 11) is 2.62. The Hall–Kier alpha value is -1.10. The molecule has 0 rings (SSSR count). The normalized spacial score (nSPS) is 11.9. The molecule has 0 saturated heterocycles. The maximum absolute atomic E-state index is 11.3. The third-order valence-electron chi connectivity index (χ3n) is 2.12. The van der Waals surface area contributed by atoms with Crippen molar-refractivity contribution in [1.29, 1.82) is 0 Å². The van der Waals surface area contributed by atoms with Gasteiger partial charge in [-0.3, -0.25) is 4.79 Å². The van der Waals surface area contributed by atoms with Crippen LogP contribution in [-0.2, 0) is 23.8 Å². The van der Waals surface area contributed by atoms with E-state index in [2.05, 4.69) is 9.47 Å². The van der Waals surface area contributed by atoms with E-state index in [1.54, 1.807) is 0 Å². The fourth-order valence-corrected chi connectivity index (χ4v) is 1.12. The number of rotatable bonds is 8. The molecule has 5 nitrogen and oxygen atoms in total. The van der Waals surface area contributed by atoms with Gasteiger partial charge in [-0.2, -0.15) is 0 Å². The molecule has 0 unspecified atom stereocenters. The van der Waals surface area contributed by atoms with E-state index in [-0.39, 0.29) is 12.4 Å². The van der Waals surface area contributed by atoms with Crippen LogP contribution in [0.5, 0.6) is 0 Å². The summed E-state index contributed by atoms with van der Waals surface area (Å²) in [6.45, 7) is 2.53. The Labute approximate surface area is 96.1 Å². The standard InChI is InChI=1S/C11H20O5/c1-4-5-8-16-9(11(13)15-3)6-7-10(12)14-2/h9H,4-8H2,1-3H3/t9-/m0/s1. The molecule has 0 aliphatic rings. The summed E-state index contributed by atoms with van der Waals surface area (Å²) >= 11 is 0. The topological polar surface area (TPSA) is 61.8 Å². The zero-order chi connectivity index (χ0) is 12.4. The Morgan fingerprint density at radius 1 is 1.19 bits per heavy atom. The fourth-order valence-electron chi connectivity index (χ4n) is 1.12. The first-order valence-corrected chi connectivity index (χ1v) is 5.41. The number of ether oxygens (including phenoxy) is 3. The quantitative estimate of drug-likeness (QED) is 0.466. The molecule has 0 spiro atoms. The first kappa shape index (κ1) is 14.9. The molecule has 1 atom stereocenters. The van der Waals surface area contributed by atoms with E-state index >= 15 is 0 Å². The highest BCUT2D eigenvalue weighted by Gasteiger charge is 2.20. The van der Waals surface area contributed by atoms with E-state index in [1.165, 1.54) is 14.2 Å². The number of hydrogen-bond acceptors (Lipinski definition) is 5. The summed E-state index contributed by atoms with van der Waals surface area (Å²) in [5.41, 5.74) is 0. The second-order valence-corrected chi connectivity index (χ2v) is 3.35. The Balaban J connectivity index is 4.00. The molecule has 0 N–H and O–H groups in total. The van der Waals surface area contributed by atoms with E-state index in [4.69, 9.17) is 4.74 Å². The highest BCUT2D eigenvalue weighted by Crippen LogP contribution is 2.07. The predicted molar refractivity (Wildman–Crippen MR) is 57.9 cm³/mol. The molecule has 0 bridgehead atoms. The van der Waals surface area contributed by atoms with Crippen LogP contribution in [0.3, 0.4) is 0 Å². The summed E-state index contributed by atoms with van der Waals surface area (Å²) in [4.78, 5) is 22.2. The average molecular weight is 232 g/mol. The highest BCUT2D eigenvalue weighted by atomic mass is 16.6. The lowest BCUT2D eigenvalue weighted by Gasteiger charge is -2.14. The zero-order valence-corrected chi connectivity index (χ0v) is 10.2. The number of esters is 2. The number of carbonyl (C=O) groups excluding carboxylic acids is 2. The largest absolute Gasteiger partial charge is 0.469 e. The second kappa shape index (κ2) is 9.15. The molecule has 0 amide bonds. The molecule has 94 valence electrons. The predicted octanol–water partition coefficient (Wildman–Crippen LogP) is 1.30. The number of methoxy groups -OCH3 is 2. The third kappa shape index (κ3) is 6.40. The summed E-state index contributed by atoms with van der Waals surface area (Å²) in [5, 5.41) is 0. The van der Waals surface area contributed by atoms with Gasteiger partial charge >= 0.3 is 11.9 Å². The van der Waals surface area contributed by atoms with Gasteiger partial charge in [-0.25, -0.2) is 4.79 Å². The van der Waals surface area contributed by atoms with Gasteiger partial charge in [0.1, 0.15) is 0 Å². The summed E-state index contributed by atoms with van der Waals surface area (Å²) in [5.74, 6) is -0.798. The third-order valence-corrected chi connectivity index (χ3v) is 2.12. The van der Waals surface area contributed by atoms with Gasteiger partial charge < -0.3 is 14.2 Å². The molecular formula is C11H20O5. The number of unbranched alkanes of at least 4 members (excludes halogenated alkanes) is 1. The van der Waals surface area contributed by atoms with Crippen molar-refractivity contribution in [2.45, 2.75) is 38.7 Å². The van der Waals surface area contributed by atoms with Crippen LogP contribution in [-0.4, -0.2) is 38.9 Å². The Kier molecular flexibility index (Phi) is 8.52. The van der Waals surface area contributed by atoms with Crippen molar-refractivity contribution in [3.05, 3.63) is 0 Å². The monoisotopic (exact) mass is 232 g/mol. The first-order chi connectivity index (χ1) is 7.65. The van der Waals surface area contributed by atoms with E-state index in [0.717, 1.165) is 12.8 Å². The van der Waals surface area contributed by atoms with Crippen LogP contribution in [0, 0.1) is 0 Å². The van der Waals surface area contributed by atoms with Gasteiger partial charge in [0.2, 0.25) is 0 Å². The van der Waals surface area contributed by atoms with Gasteiger partial charge in [0, 0.05) is 13.0 Å². The molecule has 0 fully saturated rings. The highest BCUT2D eigenvalue weighted by molar-refractivity contribution is 5.76. The Morgan fingerprint density at radius 3 is 2.38 bits per heavy atom. The fraction of sp³-hybridized carbons (Fsp3) is 0.818. The molecule has 0 heterocycles. The lowest BCUT2D eigenvalue weighted by atomic mass is 10.2. The molecule has 0 aromatic heterocycles. The Morgan fingerprint density at radius 2 is 1.88 bits per heavy atom. The Bertz CT molecular complexity index is 214. The molecule has 0 aromatic rings. The summed E-state index contributed by atoms with van der Waals surface area (Å²) < 4.78 is 14.4. The van der Waals surface area contributed by atoms with Crippen molar-refractivity contribution < 1.29 is 23.8 Å². The van der Waals surface area contributed by atoms with Gasteiger partial charge in [0.25, 0.3) is 0 Å². The maximum atomic E-state index is 11.3. The summed E-state index contributed by atoms with van der Waals surface area (Å²) in [6, 6.07) is 0. The lowest BCUT2D eigenvalue weighted by Crippen LogP contribution is -2.27. The van der Waals surface area contributed by atoms with Crippen molar-refractivity contribution in [1.82, 2.24) is 0 Å². The van der Waals surface area contributed by atoms with Gasteiger partial charge in [-0.1, -0.05) is 13.3 Å². The van der Waals surface area contributed by atoms with Crippen LogP contribution in [0.15, 0.2) is 0 Å². The van der Waals surface area contributed by atoms with Gasteiger partial charge in [-0.05, 0) is 12.8 Å². The second-order valence-electron chi connectivity index (χ2n) is 3.35. The molecule has 0 aromatic carbocycles. The van der Waals surface area contributed by atoms with Crippen LogP contribution in [0.1, 0.15) is 32.6 Å². The SMILES string of the molecule is CCCCO[C@@H](CCC(=O)OC)C(=O)OC. The molecule has 5 heteroatoms. The van der Waals surface area contributed by atoms with Crippen molar-refractivity contribution in [2.24, 2.45) is 0 Å². The number of carbonyl (C=O) groups is 2. The van der Waals surface area contributed by atoms with E-state index in [0.29, 0.717) is 13.0 Å². The summed E-state index contributed by atoms with van der Waals surface area (Å²) in [6.07, 6.45) is 1.65. The van der Waals surface area contributed by atoms with E-state index in [1.807, 2.05) is 6.92 Å². The van der Waals surface area contributed by atoms with Crippen LogP contribution in [0.25, 0.3) is 0 Å². The van der Waals surface area contributed by atoms with Gasteiger partial charge in [-0.15, -0.1) is 0 Å². The maximum Gasteiger partial charge on any atom is 0.334 e. The first-order valence-electron chi connectivity index (χ1n) is 5.41. The van der Waals surface area contributed by atoms with Crippen molar-refractivity contribution in [3.8, 4) is 0 Å². The minimum Gasteiger partial charge on any atom is -0.469 e. The molecule has 0 aliphatic heterocycles. The van der Waals surface area contributed by atoms with E-state index < -0.39 is 12.1 Å². The van der Waals surface area contributed by atoms with Crippen molar-refractivity contribution in [2.75, 3.05) is 20.8 Å². The van der Waals surface area contributed by atoms with Crippen molar-refractivity contribution >= 4 is 11.9 Å². The van der Waals surface area contributed by atoms with Gasteiger partial charge in [0.05, 0.1) is 14.2 Å². The minimum atomic E-state index is -0.671.